The smallest absolute Gasteiger partial charge is 0.248 e. The van der Waals surface area contributed by atoms with Crippen molar-refractivity contribution >= 4 is 39.3 Å². The normalized spacial score (nSPS) is 26.2. The molecule has 2 atom stereocenters. The van der Waals surface area contributed by atoms with E-state index >= 15 is 0 Å². The SMILES string of the molecule is CN(C)S(=O)(=O)c1cccc(NC(=O)[C@H]2CS[C@@]3(C)CCC(=O)N23)c1. The Bertz CT molecular complexity index is 824. The Morgan fingerprint density at radius 1 is 1.40 bits per heavy atom. The number of hydrogen-bond acceptors (Lipinski definition) is 5. The summed E-state index contributed by atoms with van der Waals surface area (Å²) in [4.78, 5) is 26.3. The molecule has 0 bridgehead atoms. The molecule has 0 aliphatic carbocycles. The number of hydrogen-bond donors (Lipinski definition) is 1. The van der Waals surface area contributed by atoms with Crippen molar-refractivity contribution in [2.45, 2.75) is 35.6 Å². The fourth-order valence-electron chi connectivity index (χ4n) is 3.19. The molecule has 25 heavy (non-hydrogen) atoms. The lowest BCUT2D eigenvalue weighted by molar-refractivity contribution is -0.135. The summed E-state index contributed by atoms with van der Waals surface area (Å²) < 4.78 is 25.6. The maximum absolute atomic E-state index is 12.7. The van der Waals surface area contributed by atoms with Crippen LogP contribution in [0.4, 0.5) is 5.69 Å². The highest BCUT2D eigenvalue weighted by atomic mass is 32.2. The topological polar surface area (TPSA) is 86.8 Å². The first-order valence-corrected chi connectivity index (χ1v) is 10.4. The highest BCUT2D eigenvalue weighted by Gasteiger charge is 2.52. The number of sulfonamides is 1. The number of nitrogens with zero attached hydrogens (tertiary/aromatic N) is 2. The number of amides is 2. The lowest BCUT2D eigenvalue weighted by Crippen LogP contribution is -2.48. The van der Waals surface area contributed by atoms with Crippen LogP contribution in [0.3, 0.4) is 0 Å². The molecule has 0 radical (unpaired) electrons. The summed E-state index contributed by atoms with van der Waals surface area (Å²) in [5.41, 5.74) is 0.401. The zero-order valence-corrected chi connectivity index (χ0v) is 16.0. The predicted molar refractivity (Wildman–Crippen MR) is 96.7 cm³/mol. The first-order valence-electron chi connectivity index (χ1n) is 7.95. The molecular weight excluding hydrogens is 362 g/mol. The minimum absolute atomic E-state index is 0.00316. The summed E-state index contributed by atoms with van der Waals surface area (Å²) in [5.74, 6) is 0.256. The molecule has 7 nitrogen and oxygen atoms in total. The lowest BCUT2D eigenvalue weighted by Gasteiger charge is -2.29. The van der Waals surface area contributed by atoms with Gasteiger partial charge in [-0.25, -0.2) is 12.7 Å². The van der Waals surface area contributed by atoms with Gasteiger partial charge in [-0.3, -0.25) is 9.59 Å². The van der Waals surface area contributed by atoms with Crippen molar-refractivity contribution in [2.75, 3.05) is 25.2 Å². The Balaban J connectivity index is 1.80. The third kappa shape index (κ3) is 3.16. The Hall–Kier alpha value is -1.58. The molecule has 0 aromatic heterocycles. The summed E-state index contributed by atoms with van der Waals surface area (Å²) in [6.45, 7) is 1.99. The number of fused-ring (bicyclic) bond motifs is 1. The molecule has 2 saturated heterocycles. The van der Waals surface area contributed by atoms with Gasteiger partial charge in [0.05, 0.1) is 9.77 Å². The zero-order chi connectivity index (χ0) is 18.4. The van der Waals surface area contributed by atoms with Crippen LogP contribution < -0.4 is 5.32 Å². The number of thioether (sulfide) groups is 1. The van der Waals surface area contributed by atoms with Crippen molar-refractivity contribution < 1.29 is 18.0 Å². The van der Waals surface area contributed by atoms with E-state index in [0.29, 0.717) is 17.9 Å². The van der Waals surface area contributed by atoms with Crippen molar-refractivity contribution in [2.24, 2.45) is 0 Å². The van der Waals surface area contributed by atoms with Crippen molar-refractivity contribution in [3.63, 3.8) is 0 Å². The minimum Gasteiger partial charge on any atom is -0.324 e. The van der Waals surface area contributed by atoms with E-state index < -0.39 is 16.1 Å². The molecule has 1 N–H and O–H groups in total. The van der Waals surface area contributed by atoms with Gasteiger partial charge in [-0.2, -0.15) is 0 Å². The molecule has 2 aliphatic heterocycles. The number of carbonyl (C=O) groups is 2. The van der Waals surface area contributed by atoms with Crippen LogP contribution in [-0.4, -0.2) is 60.2 Å². The summed E-state index contributed by atoms with van der Waals surface area (Å²) in [5, 5.41) is 2.76. The maximum atomic E-state index is 12.7. The van der Waals surface area contributed by atoms with Gasteiger partial charge in [-0.05, 0) is 31.5 Å². The van der Waals surface area contributed by atoms with Crippen LogP contribution in [0.2, 0.25) is 0 Å². The van der Waals surface area contributed by atoms with E-state index in [1.807, 2.05) is 6.92 Å². The van der Waals surface area contributed by atoms with E-state index in [1.54, 1.807) is 28.8 Å². The fourth-order valence-corrected chi connectivity index (χ4v) is 5.57. The summed E-state index contributed by atoms with van der Waals surface area (Å²) in [6.07, 6.45) is 1.21. The number of benzene rings is 1. The third-order valence-electron chi connectivity index (χ3n) is 4.63. The van der Waals surface area contributed by atoms with Gasteiger partial charge >= 0.3 is 0 Å². The zero-order valence-electron chi connectivity index (χ0n) is 14.4. The molecule has 136 valence electrons. The molecular formula is C16H21N3O4S2. The molecule has 2 heterocycles. The van der Waals surface area contributed by atoms with E-state index in [-0.39, 0.29) is 21.6 Å². The molecule has 0 spiro atoms. The van der Waals surface area contributed by atoms with E-state index in [2.05, 4.69) is 5.32 Å². The Morgan fingerprint density at radius 2 is 2.12 bits per heavy atom. The van der Waals surface area contributed by atoms with Crippen LogP contribution >= 0.6 is 11.8 Å². The summed E-state index contributed by atoms with van der Waals surface area (Å²) in [7, 11) is -0.665. The standard InChI is InChI=1S/C16H21N3O4S2/c1-16-8-7-14(20)19(16)13(10-24-16)15(21)17-11-5-4-6-12(9-11)25(22,23)18(2)3/h4-6,9,13H,7-8,10H2,1-3H3,(H,17,21)/t13-,16+/m1/s1. The van der Waals surface area contributed by atoms with E-state index in [9.17, 15) is 18.0 Å². The number of carbonyl (C=O) groups excluding carboxylic acids is 2. The second kappa shape index (κ2) is 6.30. The highest BCUT2D eigenvalue weighted by Crippen LogP contribution is 2.47. The van der Waals surface area contributed by atoms with Gasteiger partial charge in [-0.15, -0.1) is 11.8 Å². The van der Waals surface area contributed by atoms with Crippen LogP contribution in [0.15, 0.2) is 29.2 Å². The third-order valence-corrected chi connectivity index (χ3v) is 7.94. The largest absolute Gasteiger partial charge is 0.324 e. The second-order valence-electron chi connectivity index (χ2n) is 6.57. The molecule has 2 fully saturated rings. The van der Waals surface area contributed by atoms with Gasteiger partial charge in [0.2, 0.25) is 21.8 Å². The molecule has 3 rings (SSSR count). The molecule has 2 aliphatic rings. The summed E-state index contributed by atoms with van der Waals surface area (Å²) >= 11 is 1.62. The highest BCUT2D eigenvalue weighted by molar-refractivity contribution is 8.01. The van der Waals surface area contributed by atoms with E-state index in [0.717, 1.165) is 10.7 Å². The number of rotatable bonds is 4. The number of anilines is 1. The van der Waals surface area contributed by atoms with Gasteiger partial charge in [0.1, 0.15) is 6.04 Å². The summed E-state index contributed by atoms with van der Waals surface area (Å²) in [6, 6.07) is 5.61. The van der Waals surface area contributed by atoms with Crippen molar-refractivity contribution in [1.82, 2.24) is 9.21 Å². The molecule has 1 aromatic rings. The Morgan fingerprint density at radius 3 is 2.80 bits per heavy atom. The minimum atomic E-state index is -3.57. The van der Waals surface area contributed by atoms with Gasteiger partial charge < -0.3 is 10.2 Å². The van der Waals surface area contributed by atoms with E-state index in [4.69, 9.17) is 0 Å². The van der Waals surface area contributed by atoms with Crippen LogP contribution in [-0.2, 0) is 19.6 Å². The molecule has 9 heteroatoms. The second-order valence-corrected chi connectivity index (χ2v) is 10.2. The Labute approximate surface area is 151 Å². The van der Waals surface area contributed by atoms with Crippen molar-refractivity contribution in [1.29, 1.82) is 0 Å². The first kappa shape index (κ1) is 18.2. The quantitative estimate of drug-likeness (QED) is 0.848. The van der Waals surface area contributed by atoms with Crippen LogP contribution in [0.1, 0.15) is 19.8 Å². The van der Waals surface area contributed by atoms with Crippen molar-refractivity contribution in [3.05, 3.63) is 24.3 Å². The molecule has 0 saturated carbocycles. The predicted octanol–water partition coefficient (Wildman–Crippen LogP) is 1.33. The average molecular weight is 383 g/mol. The maximum Gasteiger partial charge on any atom is 0.248 e. The Kier molecular flexibility index (Phi) is 4.59. The molecule has 1 aromatic carbocycles. The lowest BCUT2D eigenvalue weighted by atomic mass is 10.2. The molecule has 0 unspecified atom stereocenters. The average Bonchev–Trinajstić information content (AvgIpc) is 3.04. The van der Waals surface area contributed by atoms with Crippen LogP contribution in [0.5, 0.6) is 0 Å². The van der Waals surface area contributed by atoms with Crippen LogP contribution in [0, 0.1) is 0 Å². The van der Waals surface area contributed by atoms with Crippen LogP contribution in [0.25, 0.3) is 0 Å². The van der Waals surface area contributed by atoms with E-state index in [1.165, 1.54) is 26.2 Å². The van der Waals surface area contributed by atoms with Gasteiger partial charge in [0.25, 0.3) is 0 Å². The monoisotopic (exact) mass is 383 g/mol. The van der Waals surface area contributed by atoms with Gasteiger partial charge in [-0.1, -0.05) is 6.07 Å². The molecule has 2 amide bonds. The van der Waals surface area contributed by atoms with Gasteiger partial charge in [0, 0.05) is 32.0 Å². The first-order chi connectivity index (χ1) is 11.6. The fraction of sp³-hybridized carbons (Fsp3) is 0.500. The number of nitrogens with one attached hydrogen (secondary N) is 1. The van der Waals surface area contributed by atoms with Crippen molar-refractivity contribution in [3.8, 4) is 0 Å². The van der Waals surface area contributed by atoms with Gasteiger partial charge in [0.15, 0.2) is 0 Å².